The minimum Gasteiger partial charge on any atom is -0.506 e. The summed E-state index contributed by atoms with van der Waals surface area (Å²) in [6.07, 6.45) is 3.16. The van der Waals surface area contributed by atoms with Gasteiger partial charge in [0.05, 0.1) is 34.9 Å². The summed E-state index contributed by atoms with van der Waals surface area (Å²) in [7, 11) is 0. The lowest BCUT2D eigenvalue weighted by Crippen LogP contribution is -2.14. The minimum absolute atomic E-state index is 0.111. The van der Waals surface area contributed by atoms with Crippen molar-refractivity contribution in [2.75, 3.05) is 0 Å². The Morgan fingerprint density at radius 1 is 1.30 bits per heavy atom. The molecule has 23 heavy (non-hydrogen) atoms. The standard InChI is InChI=1S/C16H13N5O2/c1-7-2-3-11(22)14-12(7)8-4-9(10-5-18-6-19-10)20-15(16(17)23)13(8)21-14/h2-6,21-22H,1H3,(H2,17,23)(H,18,19). The van der Waals surface area contributed by atoms with Crippen molar-refractivity contribution in [1.29, 1.82) is 0 Å². The smallest absolute Gasteiger partial charge is 0.269 e. The van der Waals surface area contributed by atoms with Gasteiger partial charge in [-0.2, -0.15) is 0 Å². The van der Waals surface area contributed by atoms with E-state index in [1.54, 1.807) is 12.3 Å². The molecule has 3 heterocycles. The molecule has 0 bridgehead atoms. The van der Waals surface area contributed by atoms with E-state index in [0.717, 1.165) is 16.3 Å². The molecule has 0 radical (unpaired) electrons. The zero-order valence-electron chi connectivity index (χ0n) is 12.2. The van der Waals surface area contributed by atoms with Crippen LogP contribution in [0.2, 0.25) is 0 Å². The molecule has 3 aromatic heterocycles. The number of hydrogen-bond donors (Lipinski definition) is 4. The van der Waals surface area contributed by atoms with Crippen molar-refractivity contribution >= 4 is 27.7 Å². The van der Waals surface area contributed by atoms with Gasteiger partial charge in [-0.15, -0.1) is 0 Å². The second-order valence-corrected chi connectivity index (χ2v) is 5.38. The number of aromatic hydroxyl groups is 1. The Labute approximate surface area is 130 Å². The number of amides is 1. The van der Waals surface area contributed by atoms with Crippen LogP contribution < -0.4 is 5.73 Å². The monoisotopic (exact) mass is 307 g/mol. The Hall–Kier alpha value is -3.35. The van der Waals surface area contributed by atoms with Gasteiger partial charge in [-0.3, -0.25) is 4.79 Å². The maximum atomic E-state index is 11.8. The molecule has 0 aliphatic heterocycles. The zero-order valence-corrected chi connectivity index (χ0v) is 12.2. The first-order valence-electron chi connectivity index (χ1n) is 7.00. The van der Waals surface area contributed by atoms with Crippen molar-refractivity contribution in [3.8, 4) is 17.1 Å². The van der Waals surface area contributed by atoms with E-state index in [0.29, 0.717) is 22.4 Å². The fourth-order valence-electron chi connectivity index (χ4n) is 2.88. The zero-order chi connectivity index (χ0) is 16.1. The van der Waals surface area contributed by atoms with Crippen LogP contribution in [-0.4, -0.2) is 30.9 Å². The molecule has 0 fully saturated rings. The Balaban J connectivity index is 2.20. The molecule has 5 N–H and O–H groups in total. The van der Waals surface area contributed by atoms with Gasteiger partial charge < -0.3 is 20.8 Å². The van der Waals surface area contributed by atoms with Crippen molar-refractivity contribution in [3.63, 3.8) is 0 Å². The fourth-order valence-corrected chi connectivity index (χ4v) is 2.88. The molecular weight excluding hydrogens is 294 g/mol. The lowest BCUT2D eigenvalue weighted by Gasteiger charge is -2.03. The van der Waals surface area contributed by atoms with Crippen LogP contribution in [0.4, 0.5) is 0 Å². The number of H-pyrrole nitrogens is 2. The molecule has 1 amide bonds. The van der Waals surface area contributed by atoms with Gasteiger partial charge in [0.25, 0.3) is 5.91 Å². The lowest BCUT2D eigenvalue weighted by molar-refractivity contribution is 0.0997. The number of phenolic OH excluding ortho intramolecular Hbond substituents is 1. The van der Waals surface area contributed by atoms with Crippen LogP contribution in [-0.2, 0) is 0 Å². The van der Waals surface area contributed by atoms with Crippen molar-refractivity contribution in [2.24, 2.45) is 5.73 Å². The van der Waals surface area contributed by atoms with Crippen molar-refractivity contribution in [3.05, 3.63) is 42.0 Å². The van der Waals surface area contributed by atoms with Crippen molar-refractivity contribution < 1.29 is 9.90 Å². The van der Waals surface area contributed by atoms with Gasteiger partial charge in [-0.1, -0.05) is 6.07 Å². The van der Waals surface area contributed by atoms with Gasteiger partial charge in [0.15, 0.2) is 5.69 Å². The number of benzene rings is 1. The number of nitrogens with one attached hydrogen (secondary N) is 2. The van der Waals surface area contributed by atoms with Crippen molar-refractivity contribution in [2.45, 2.75) is 6.92 Å². The molecule has 0 atom stereocenters. The first-order chi connectivity index (χ1) is 11.1. The molecule has 7 nitrogen and oxygen atoms in total. The average Bonchev–Trinajstić information content (AvgIpc) is 3.17. The molecule has 0 unspecified atom stereocenters. The minimum atomic E-state index is -0.639. The third-order valence-electron chi connectivity index (χ3n) is 3.94. The first kappa shape index (κ1) is 13.3. The summed E-state index contributed by atoms with van der Waals surface area (Å²) in [5.41, 5.74) is 8.91. The molecule has 0 spiro atoms. The Morgan fingerprint density at radius 3 is 2.83 bits per heavy atom. The molecule has 114 valence electrons. The van der Waals surface area contributed by atoms with Crippen LogP contribution in [0, 0.1) is 6.92 Å². The summed E-state index contributed by atoms with van der Waals surface area (Å²) in [5.74, 6) is -0.527. The lowest BCUT2D eigenvalue weighted by atomic mass is 10.1. The van der Waals surface area contributed by atoms with Crippen LogP contribution in [0.25, 0.3) is 33.2 Å². The van der Waals surface area contributed by atoms with Gasteiger partial charge >= 0.3 is 0 Å². The van der Waals surface area contributed by atoms with E-state index < -0.39 is 5.91 Å². The maximum Gasteiger partial charge on any atom is 0.269 e. The highest BCUT2D eigenvalue weighted by atomic mass is 16.3. The molecular formula is C16H13N5O2. The molecule has 4 aromatic rings. The van der Waals surface area contributed by atoms with E-state index in [4.69, 9.17) is 5.73 Å². The summed E-state index contributed by atoms with van der Waals surface area (Å²) < 4.78 is 0. The van der Waals surface area contributed by atoms with Crippen LogP contribution in [0.15, 0.2) is 30.7 Å². The Kier molecular flexibility index (Phi) is 2.65. The fraction of sp³-hybridized carbons (Fsp3) is 0.0625. The van der Waals surface area contributed by atoms with Gasteiger partial charge in [0.2, 0.25) is 0 Å². The third kappa shape index (κ3) is 1.87. The van der Waals surface area contributed by atoms with E-state index in [-0.39, 0.29) is 11.4 Å². The van der Waals surface area contributed by atoms with Gasteiger partial charge in [-0.25, -0.2) is 9.97 Å². The number of carbonyl (C=O) groups is 1. The number of aromatic nitrogens is 4. The summed E-state index contributed by atoms with van der Waals surface area (Å²) in [4.78, 5) is 26.2. The maximum absolute atomic E-state index is 11.8. The van der Waals surface area contributed by atoms with E-state index in [1.807, 2.05) is 19.1 Å². The number of aryl methyl sites for hydroxylation is 1. The van der Waals surface area contributed by atoms with Crippen molar-refractivity contribution in [1.82, 2.24) is 19.9 Å². The number of fused-ring (bicyclic) bond motifs is 3. The summed E-state index contributed by atoms with van der Waals surface area (Å²) >= 11 is 0. The third-order valence-corrected chi connectivity index (χ3v) is 3.94. The Bertz CT molecular complexity index is 1060. The van der Waals surface area contributed by atoms with Gasteiger partial charge in [0, 0.05) is 10.8 Å². The predicted molar refractivity (Wildman–Crippen MR) is 86.1 cm³/mol. The SMILES string of the molecule is Cc1ccc(O)c2[nH]c3c(C(N)=O)nc(-c4cnc[nH]4)cc3c12. The molecule has 4 rings (SSSR count). The second kappa shape index (κ2) is 4.57. The second-order valence-electron chi connectivity index (χ2n) is 5.38. The molecule has 7 heteroatoms. The number of primary amides is 1. The number of imidazole rings is 1. The molecule has 1 aromatic carbocycles. The number of aromatic amines is 2. The molecule has 0 saturated heterocycles. The van der Waals surface area contributed by atoms with Gasteiger partial charge in [-0.05, 0) is 24.6 Å². The van der Waals surface area contributed by atoms with E-state index in [1.165, 1.54) is 6.33 Å². The number of nitrogens with two attached hydrogens (primary N) is 1. The summed E-state index contributed by atoms with van der Waals surface area (Å²) in [5, 5.41) is 11.7. The van der Waals surface area contributed by atoms with Gasteiger partial charge in [0.1, 0.15) is 5.75 Å². The number of phenols is 1. The average molecular weight is 307 g/mol. The predicted octanol–water partition coefficient (Wildman–Crippen LogP) is 2.22. The molecule has 0 aliphatic rings. The highest BCUT2D eigenvalue weighted by Crippen LogP contribution is 2.35. The highest BCUT2D eigenvalue weighted by molar-refractivity contribution is 6.16. The van der Waals surface area contributed by atoms with Crippen LogP contribution in [0.1, 0.15) is 16.1 Å². The van der Waals surface area contributed by atoms with E-state index in [2.05, 4.69) is 19.9 Å². The van der Waals surface area contributed by atoms with Crippen LogP contribution in [0.3, 0.4) is 0 Å². The number of rotatable bonds is 2. The highest BCUT2D eigenvalue weighted by Gasteiger charge is 2.19. The topological polar surface area (TPSA) is 121 Å². The number of pyridine rings is 1. The first-order valence-corrected chi connectivity index (χ1v) is 7.00. The molecule has 0 saturated carbocycles. The number of nitrogens with zero attached hydrogens (tertiary/aromatic N) is 2. The largest absolute Gasteiger partial charge is 0.506 e. The number of carbonyl (C=O) groups excluding carboxylic acids is 1. The van der Waals surface area contributed by atoms with Crippen LogP contribution in [0.5, 0.6) is 5.75 Å². The molecule has 0 aliphatic carbocycles. The number of hydrogen-bond acceptors (Lipinski definition) is 4. The normalized spacial score (nSPS) is 11.3. The summed E-state index contributed by atoms with van der Waals surface area (Å²) in [6.45, 7) is 1.94. The quantitative estimate of drug-likeness (QED) is 0.453. The van der Waals surface area contributed by atoms with Crippen LogP contribution >= 0.6 is 0 Å². The summed E-state index contributed by atoms with van der Waals surface area (Å²) in [6, 6.07) is 5.28. The van der Waals surface area contributed by atoms with E-state index in [9.17, 15) is 9.90 Å². The Morgan fingerprint density at radius 2 is 2.13 bits per heavy atom. The van der Waals surface area contributed by atoms with E-state index >= 15 is 0 Å².